The van der Waals surface area contributed by atoms with Crippen molar-refractivity contribution < 1.29 is 23.8 Å². The maximum Gasteiger partial charge on any atom is 0.344 e. The van der Waals surface area contributed by atoms with Crippen molar-refractivity contribution in [3.8, 4) is 5.75 Å². The zero-order chi connectivity index (χ0) is 27.1. The summed E-state index contributed by atoms with van der Waals surface area (Å²) < 4.78 is 18.6. The quantitative estimate of drug-likeness (QED) is 0.227. The van der Waals surface area contributed by atoms with E-state index in [9.17, 15) is 9.90 Å². The van der Waals surface area contributed by atoms with Crippen molar-refractivity contribution in [3.05, 3.63) is 65.2 Å². The summed E-state index contributed by atoms with van der Waals surface area (Å²) >= 11 is 0. The molecule has 6 heteroatoms. The third-order valence-electron chi connectivity index (χ3n) is 9.16. The van der Waals surface area contributed by atoms with Crippen LogP contribution in [0.1, 0.15) is 63.6 Å². The predicted molar refractivity (Wildman–Crippen MR) is 154 cm³/mol. The molecule has 0 saturated heterocycles. The molecular formula is C32H46O5Si. The van der Waals surface area contributed by atoms with Crippen LogP contribution < -0.4 is 4.74 Å². The number of hydrogen-bond acceptors (Lipinski definition) is 5. The van der Waals surface area contributed by atoms with Gasteiger partial charge in [0.1, 0.15) is 12.4 Å². The van der Waals surface area contributed by atoms with Gasteiger partial charge in [-0.15, -0.1) is 0 Å². The summed E-state index contributed by atoms with van der Waals surface area (Å²) in [6.07, 6.45) is 4.90. The number of carbonyl (C=O) groups is 1. The first kappa shape index (κ1) is 28.8. The molecule has 1 unspecified atom stereocenters. The minimum Gasteiger partial charge on any atom is -0.482 e. The number of aliphatic hydroxyl groups excluding tert-OH is 1. The van der Waals surface area contributed by atoms with Crippen LogP contribution >= 0.6 is 0 Å². The highest BCUT2D eigenvalue weighted by Crippen LogP contribution is 2.50. The average Bonchev–Trinajstić information content (AvgIpc) is 3.27. The first-order chi connectivity index (χ1) is 18.4. The van der Waals surface area contributed by atoms with Gasteiger partial charge in [0.25, 0.3) is 0 Å². The van der Waals surface area contributed by atoms with E-state index in [0.717, 1.165) is 61.5 Å². The topological polar surface area (TPSA) is 65.0 Å². The standard InChI is InChI=1S/C32H46O5Si/c1-5-38(6-2,7-3)37-31-20-26-19-29-25(18-28(26)27(31)17-16-23(4)33)14-11-15-30(29)35-22-32(34)36-21-24-12-9-8-10-13-24/h8-15,23,26-28,31,33H,5-7,16-22H2,1-4H3/t23-,26-,27+,28-,31?/m0/s1. The molecule has 0 spiro atoms. The molecule has 2 aliphatic rings. The number of benzene rings is 2. The number of fused-ring (bicyclic) bond motifs is 2. The van der Waals surface area contributed by atoms with Crippen LogP contribution in [0.25, 0.3) is 0 Å². The SMILES string of the molecule is CC[Si](CC)(CC)OC1C[C@@H]2Cc3c(cccc3OCC(=O)OCc3ccccc3)C[C@@H]2[C@H]1CC[C@H](C)O. The lowest BCUT2D eigenvalue weighted by Crippen LogP contribution is -2.41. The van der Waals surface area contributed by atoms with E-state index in [2.05, 4.69) is 26.8 Å². The van der Waals surface area contributed by atoms with Crippen LogP contribution in [0, 0.1) is 17.8 Å². The lowest BCUT2D eigenvalue weighted by molar-refractivity contribution is -0.147. The smallest absolute Gasteiger partial charge is 0.344 e. The molecule has 2 aromatic carbocycles. The van der Waals surface area contributed by atoms with Crippen LogP contribution in [-0.2, 0) is 33.4 Å². The molecule has 2 aromatic rings. The second-order valence-corrected chi connectivity index (χ2v) is 16.1. The molecule has 0 heterocycles. The molecule has 0 radical (unpaired) electrons. The molecule has 2 aliphatic carbocycles. The Kier molecular flexibility index (Phi) is 10.1. The van der Waals surface area contributed by atoms with Gasteiger partial charge in [0.2, 0.25) is 0 Å². The van der Waals surface area contributed by atoms with E-state index < -0.39 is 8.32 Å². The summed E-state index contributed by atoms with van der Waals surface area (Å²) in [6, 6.07) is 19.4. The number of carbonyl (C=O) groups excluding carboxylic acids is 1. The van der Waals surface area contributed by atoms with Crippen molar-refractivity contribution in [1.29, 1.82) is 0 Å². The average molecular weight is 539 g/mol. The molecule has 1 fully saturated rings. The van der Waals surface area contributed by atoms with Gasteiger partial charge in [0.15, 0.2) is 14.9 Å². The van der Waals surface area contributed by atoms with E-state index >= 15 is 0 Å². The molecular weight excluding hydrogens is 492 g/mol. The maximum absolute atomic E-state index is 12.4. The van der Waals surface area contributed by atoms with Crippen molar-refractivity contribution in [1.82, 2.24) is 0 Å². The van der Waals surface area contributed by atoms with E-state index in [1.807, 2.05) is 49.4 Å². The maximum atomic E-state index is 12.4. The van der Waals surface area contributed by atoms with Gasteiger partial charge < -0.3 is 19.0 Å². The molecule has 1 N–H and O–H groups in total. The number of hydrogen-bond donors (Lipinski definition) is 1. The summed E-state index contributed by atoms with van der Waals surface area (Å²) in [7, 11) is -1.73. The van der Waals surface area contributed by atoms with Gasteiger partial charge in [-0.2, -0.15) is 0 Å². The highest BCUT2D eigenvalue weighted by molar-refractivity contribution is 6.73. The van der Waals surface area contributed by atoms with Crippen molar-refractivity contribution >= 4 is 14.3 Å². The van der Waals surface area contributed by atoms with Crippen LogP contribution in [0.2, 0.25) is 18.1 Å². The van der Waals surface area contributed by atoms with Crippen molar-refractivity contribution in [2.75, 3.05) is 6.61 Å². The Hall–Kier alpha value is -2.15. The molecule has 0 bridgehead atoms. The predicted octanol–water partition coefficient (Wildman–Crippen LogP) is 6.71. The molecule has 0 aromatic heterocycles. The molecule has 208 valence electrons. The van der Waals surface area contributed by atoms with Crippen molar-refractivity contribution in [2.24, 2.45) is 17.8 Å². The van der Waals surface area contributed by atoms with Crippen molar-refractivity contribution in [3.63, 3.8) is 0 Å². The first-order valence-corrected chi connectivity index (χ1v) is 17.2. The van der Waals surface area contributed by atoms with Crippen LogP contribution in [0.5, 0.6) is 5.75 Å². The fourth-order valence-corrected chi connectivity index (χ4v) is 9.63. The van der Waals surface area contributed by atoms with Gasteiger partial charge in [-0.3, -0.25) is 0 Å². The Labute approximate surface area is 230 Å². The zero-order valence-corrected chi connectivity index (χ0v) is 24.7. The molecule has 4 rings (SSSR count). The summed E-state index contributed by atoms with van der Waals surface area (Å²) in [5.74, 6) is 2.04. The van der Waals surface area contributed by atoms with Crippen LogP contribution in [0.4, 0.5) is 0 Å². The molecule has 5 atom stereocenters. The monoisotopic (exact) mass is 538 g/mol. The summed E-state index contributed by atoms with van der Waals surface area (Å²) in [4.78, 5) is 12.4. The van der Waals surface area contributed by atoms with Gasteiger partial charge >= 0.3 is 5.97 Å². The molecule has 38 heavy (non-hydrogen) atoms. The second kappa shape index (κ2) is 13.3. The van der Waals surface area contributed by atoms with Crippen LogP contribution in [-0.4, -0.2) is 38.2 Å². The van der Waals surface area contributed by atoms with Gasteiger partial charge in [-0.1, -0.05) is 63.2 Å². The van der Waals surface area contributed by atoms with Gasteiger partial charge in [0, 0.05) is 6.10 Å². The molecule has 5 nitrogen and oxygen atoms in total. The number of rotatable bonds is 13. The Morgan fingerprint density at radius 2 is 1.76 bits per heavy atom. The largest absolute Gasteiger partial charge is 0.482 e. The lowest BCUT2D eigenvalue weighted by atomic mass is 9.73. The van der Waals surface area contributed by atoms with Crippen LogP contribution in [0.15, 0.2) is 48.5 Å². The lowest BCUT2D eigenvalue weighted by Gasteiger charge is -2.36. The van der Waals surface area contributed by atoms with Crippen LogP contribution in [0.3, 0.4) is 0 Å². The van der Waals surface area contributed by atoms with E-state index in [1.54, 1.807) is 0 Å². The van der Waals surface area contributed by atoms with E-state index in [0.29, 0.717) is 17.8 Å². The fourth-order valence-electron chi connectivity index (χ4n) is 6.72. The normalized spacial score (nSPS) is 23.4. The Morgan fingerprint density at radius 3 is 2.45 bits per heavy atom. The summed E-state index contributed by atoms with van der Waals surface area (Å²) in [6.45, 7) is 8.98. The van der Waals surface area contributed by atoms with Gasteiger partial charge in [-0.05, 0) is 97.7 Å². The molecule has 0 amide bonds. The highest BCUT2D eigenvalue weighted by atomic mass is 28.4. The summed E-state index contributed by atoms with van der Waals surface area (Å²) in [5, 5.41) is 10.1. The minimum atomic E-state index is -1.73. The molecule has 1 saturated carbocycles. The van der Waals surface area contributed by atoms with Gasteiger partial charge in [0.05, 0.1) is 6.10 Å². The third kappa shape index (κ3) is 6.88. The second-order valence-electron chi connectivity index (χ2n) is 11.4. The fraction of sp³-hybridized carbons (Fsp3) is 0.594. The number of esters is 1. The van der Waals surface area contributed by atoms with E-state index in [4.69, 9.17) is 13.9 Å². The summed E-state index contributed by atoms with van der Waals surface area (Å²) in [5.41, 5.74) is 3.53. The number of aliphatic hydroxyl groups is 1. The third-order valence-corrected chi connectivity index (χ3v) is 13.8. The Morgan fingerprint density at radius 1 is 1.03 bits per heavy atom. The highest BCUT2D eigenvalue weighted by Gasteiger charge is 2.48. The first-order valence-electron chi connectivity index (χ1n) is 14.7. The zero-order valence-electron chi connectivity index (χ0n) is 23.7. The van der Waals surface area contributed by atoms with E-state index in [1.165, 1.54) is 11.1 Å². The minimum absolute atomic E-state index is 0.0856. The Balaban J connectivity index is 1.44. The number of ether oxygens (including phenoxy) is 2. The van der Waals surface area contributed by atoms with E-state index in [-0.39, 0.29) is 31.4 Å². The van der Waals surface area contributed by atoms with Gasteiger partial charge in [-0.25, -0.2) is 4.79 Å². The van der Waals surface area contributed by atoms with Crippen molar-refractivity contribution in [2.45, 2.75) is 96.7 Å². The Bertz CT molecular complexity index is 1030. The molecule has 0 aliphatic heterocycles.